The van der Waals surface area contributed by atoms with Gasteiger partial charge < -0.3 is 5.73 Å². The molecule has 0 bridgehead atoms. The van der Waals surface area contributed by atoms with Gasteiger partial charge in [0.2, 0.25) is 0 Å². The van der Waals surface area contributed by atoms with E-state index in [9.17, 15) is 0 Å². The van der Waals surface area contributed by atoms with Gasteiger partial charge in [-0.25, -0.2) is 9.97 Å². The van der Waals surface area contributed by atoms with Gasteiger partial charge in [-0.3, -0.25) is 4.40 Å². The van der Waals surface area contributed by atoms with Crippen LogP contribution < -0.4 is 5.73 Å². The van der Waals surface area contributed by atoms with E-state index >= 15 is 0 Å². The minimum absolute atomic E-state index is 0.448. The molecule has 4 aromatic rings. The lowest BCUT2D eigenvalue weighted by Crippen LogP contribution is -1.98. The van der Waals surface area contributed by atoms with Crippen LogP contribution in [0.4, 0.5) is 5.82 Å². The number of nitrogens with zero attached hydrogens (tertiary/aromatic N) is 3. The van der Waals surface area contributed by atoms with E-state index in [1.807, 2.05) is 56.4 Å². The summed E-state index contributed by atoms with van der Waals surface area (Å²) < 4.78 is 2.06. The number of hydrogen-bond donors (Lipinski definition) is 1. The molecule has 0 saturated carbocycles. The quantitative estimate of drug-likeness (QED) is 0.493. The molecule has 4 heteroatoms. The molecule has 3 heterocycles. The molecule has 0 atom stereocenters. The Morgan fingerprint density at radius 2 is 1.79 bits per heavy atom. The topological polar surface area (TPSA) is 56.2 Å². The van der Waals surface area contributed by atoms with Crippen molar-refractivity contribution in [2.75, 3.05) is 5.73 Å². The van der Waals surface area contributed by atoms with Crippen LogP contribution in [0.25, 0.3) is 22.5 Å². The van der Waals surface area contributed by atoms with Crippen molar-refractivity contribution in [2.24, 2.45) is 0 Å². The monoisotopic (exact) mass is 378 g/mol. The molecule has 29 heavy (non-hydrogen) atoms. The highest BCUT2D eigenvalue weighted by Crippen LogP contribution is 2.27. The van der Waals surface area contributed by atoms with Gasteiger partial charge in [0.1, 0.15) is 17.2 Å². The van der Waals surface area contributed by atoms with Crippen LogP contribution in [0.2, 0.25) is 0 Å². The molecule has 142 valence electrons. The molecule has 4 rings (SSSR count). The highest BCUT2D eigenvalue weighted by atomic mass is 15.0. The SMILES string of the molecule is CC=C(C)c1ccc(C#Cc2nc(N)ccc2-c2c(C)nc3ccccn23)cc1. The van der Waals surface area contributed by atoms with Gasteiger partial charge >= 0.3 is 0 Å². The number of pyridine rings is 2. The van der Waals surface area contributed by atoms with Crippen molar-refractivity contribution < 1.29 is 0 Å². The third-order valence-electron chi connectivity index (χ3n) is 4.97. The van der Waals surface area contributed by atoms with Gasteiger partial charge in [-0.1, -0.05) is 30.2 Å². The summed E-state index contributed by atoms with van der Waals surface area (Å²) in [6.07, 6.45) is 4.10. The van der Waals surface area contributed by atoms with Crippen LogP contribution in [-0.2, 0) is 0 Å². The van der Waals surface area contributed by atoms with E-state index in [4.69, 9.17) is 5.73 Å². The Kier molecular flexibility index (Phi) is 4.88. The van der Waals surface area contributed by atoms with Crippen LogP contribution >= 0.6 is 0 Å². The fourth-order valence-corrected chi connectivity index (χ4v) is 3.31. The largest absolute Gasteiger partial charge is 0.384 e. The molecule has 0 spiro atoms. The first-order chi connectivity index (χ1) is 14.1. The normalized spacial score (nSPS) is 11.3. The summed E-state index contributed by atoms with van der Waals surface area (Å²) in [6.45, 7) is 6.14. The number of imidazole rings is 1. The molecule has 3 aromatic heterocycles. The van der Waals surface area contributed by atoms with E-state index in [1.54, 1.807) is 6.07 Å². The van der Waals surface area contributed by atoms with Crippen molar-refractivity contribution in [2.45, 2.75) is 20.8 Å². The third kappa shape index (κ3) is 3.63. The molecular weight excluding hydrogens is 356 g/mol. The van der Waals surface area contributed by atoms with E-state index in [0.29, 0.717) is 11.5 Å². The van der Waals surface area contributed by atoms with Gasteiger partial charge in [0.15, 0.2) is 0 Å². The number of fused-ring (bicyclic) bond motifs is 1. The van der Waals surface area contributed by atoms with Crippen molar-refractivity contribution >= 4 is 17.0 Å². The number of aromatic nitrogens is 3. The van der Waals surface area contributed by atoms with Crippen molar-refractivity contribution in [3.05, 3.63) is 89.4 Å². The van der Waals surface area contributed by atoms with E-state index in [2.05, 4.69) is 51.3 Å². The zero-order valence-corrected chi connectivity index (χ0v) is 16.8. The molecule has 0 aliphatic heterocycles. The summed E-state index contributed by atoms with van der Waals surface area (Å²) in [4.78, 5) is 9.16. The number of benzene rings is 1. The maximum atomic E-state index is 5.96. The van der Waals surface area contributed by atoms with E-state index in [1.165, 1.54) is 11.1 Å². The molecule has 0 fully saturated rings. The molecule has 0 aliphatic rings. The van der Waals surface area contributed by atoms with Crippen LogP contribution in [0.5, 0.6) is 0 Å². The van der Waals surface area contributed by atoms with Crippen LogP contribution in [-0.4, -0.2) is 14.4 Å². The Balaban J connectivity index is 1.80. The Hall–Kier alpha value is -3.84. The Bertz CT molecular complexity index is 1280. The molecule has 0 saturated heterocycles. The number of aryl methyl sites for hydroxylation is 1. The maximum Gasteiger partial charge on any atom is 0.137 e. The van der Waals surface area contributed by atoms with Gasteiger partial charge in [-0.2, -0.15) is 0 Å². The predicted molar refractivity (Wildman–Crippen MR) is 119 cm³/mol. The van der Waals surface area contributed by atoms with Gasteiger partial charge in [0.05, 0.1) is 11.4 Å². The molecule has 2 N–H and O–H groups in total. The first-order valence-corrected chi connectivity index (χ1v) is 9.53. The highest BCUT2D eigenvalue weighted by Gasteiger charge is 2.14. The molecule has 0 amide bonds. The summed E-state index contributed by atoms with van der Waals surface area (Å²) in [5.41, 5.74) is 13.7. The second-order valence-corrected chi connectivity index (χ2v) is 6.91. The summed E-state index contributed by atoms with van der Waals surface area (Å²) in [6, 6.07) is 17.9. The molecule has 4 nitrogen and oxygen atoms in total. The maximum absolute atomic E-state index is 5.96. The minimum atomic E-state index is 0.448. The minimum Gasteiger partial charge on any atom is -0.384 e. The van der Waals surface area contributed by atoms with E-state index in [0.717, 1.165) is 28.2 Å². The van der Waals surface area contributed by atoms with Gasteiger partial charge in [-0.05, 0) is 74.2 Å². The lowest BCUT2D eigenvalue weighted by molar-refractivity contribution is 1.17. The second kappa shape index (κ2) is 7.65. The number of nitrogens with two attached hydrogens (primary N) is 1. The standard InChI is InChI=1S/C25H22N4/c1-4-17(2)20-11-8-19(9-12-20)10-14-22-21(13-15-23(26)28-22)25-18(3)27-24-7-5-6-16-29(24)25/h4-9,11-13,15-16H,1-3H3,(H2,26,28). The molecular formula is C25H22N4. The zero-order valence-electron chi connectivity index (χ0n) is 16.8. The first-order valence-electron chi connectivity index (χ1n) is 9.53. The highest BCUT2D eigenvalue weighted by molar-refractivity contribution is 5.73. The molecule has 0 aliphatic carbocycles. The lowest BCUT2D eigenvalue weighted by Gasteiger charge is -2.07. The van der Waals surface area contributed by atoms with E-state index in [-0.39, 0.29) is 0 Å². The van der Waals surface area contributed by atoms with Crippen molar-refractivity contribution in [1.29, 1.82) is 0 Å². The van der Waals surface area contributed by atoms with Gasteiger partial charge in [0.25, 0.3) is 0 Å². The number of nitrogen functional groups attached to an aromatic ring is 1. The summed E-state index contributed by atoms with van der Waals surface area (Å²) in [5, 5.41) is 0. The molecule has 0 radical (unpaired) electrons. The number of anilines is 1. The van der Waals surface area contributed by atoms with Crippen LogP contribution in [0, 0.1) is 18.8 Å². The van der Waals surface area contributed by atoms with Crippen LogP contribution in [0.1, 0.15) is 36.4 Å². The summed E-state index contributed by atoms with van der Waals surface area (Å²) in [7, 11) is 0. The van der Waals surface area contributed by atoms with Crippen molar-refractivity contribution in [1.82, 2.24) is 14.4 Å². The molecule has 0 unspecified atom stereocenters. The second-order valence-electron chi connectivity index (χ2n) is 6.91. The fourth-order valence-electron chi connectivity index (χ4n) is 3.31. The molecule has 1 aromatic carbocycles. The Labute approximate surface area is 170 Å². The Morgan fingerprint density at radius 3 is 2.55 bits per heavy atom. The third-order valence-corrected chi connectivity index (χ3v) is 4.97. The zero-order chi connectivity index (χ0) is 20.4. The van der Waals surface area contributed by atoms with Gasteiger partial charge in [0, 0.05) is 17.3 Å². The summed E-state index contributed by atoms with van der Waals surface area (Å²) in [5.74, 6) is 6.89. The summed E-state index contributed by atoms with van der Waals surface area (Å²) >= 11 is 0. The number of rotatable bonds is 2. The number of allylic oxidation sites excluding steroid dienone is 2. The van der Waals surface area contributed by atoms with Crippen molar-refractivity contribution in [3.8, 4) is 23.1 Å². The Morgan fingerprint density at radius 1 is 1.00 bits per heavy atom. The number of hydrogen-bond acceptors (Lipinski definition) is 3. The average Bonchev–Trinajstić information content (AvgIpc) is 3.08. The first kappa shape index (κ1) is 18.5. The fraction of sp³-hybridized carbons (Fsp3) is 0.120. The smallest absolute Gasteiger partial charge is 0.137 e. The van der Waals surface area contributed by atoms with Crippen LogP contribution in [0.15, 0.2) is 66.9 Å². The van der Waals surface area contributed by atoms with Crippen LogP contribution in [0.3, 0.4) is 0 Å². The van der Waals surface area contributed by atoms with Crippen molar-refractivity contribution in [3.63, 3.8) is 0 Å². The van der Waals surface area contributed by atoms with Gasteiger partial charge in [-0.15, -0.1) is 0 Å². The van der Waals surface area contributed by atoms with E-state index < -0.39 is 0 Å². The average molecular weight is 378 g/mol. The lowest BCUT2D eigenvalue weighted by atomic mass is 10.0. The predicted octanol–water partition coefficient (Wildman–Crippen LogP) is 5.11.